The molecule has 90 valence electrons. The minimum Gasteiger partial charge on any atom is -0.361 e. The van der Waals surface area contributed by atoms with Crippen molar-refractivity contribution < 1.29 is 4.79 Å². The van der Waals surface area contributed by atoms with Crippen LogP contribution in [0.4, 0.5) is 5.69 Å². The Bertz CT molecular complexity index is 460. The van der Waals surface area contributed by atoms with Crippen molar-refractivity contribution in [3.05, 3.63) is 41.1 Å². The quantitative estimate of drug-likeness (QED) is 0.783. The number of aryl methyl sites for hydroxylation is 2. The van der Waals surface area contributed by atoms with Crippen LogP contribution in [0.2, 0.25) is 0 Å². The molecule has 0 bridgehead atoms. The van der Waals surface area contributed by atoms with Crippen LogP contribution >= 0.6 is 0 Å². The van der Waals surface area contributed by atoms with Crippen molar-refractivity contribution in [3.63, 3.8) is 0 Å². The van der Waals surface area contributed by atoms with Crippen molar-refractivity contribution in [2.45, 2.75) is 39.5 Å². The number of nitrogens with one attached hydrogen (secondary N) is 1. The first kappa shape index (κ1) is 11.9. The molecule has 2 rings (SSSR count). The lowest BCUT2D eigenvalue weighted by Gasteiger charge is -2.13. The van der Waals surface area contributed by atoms with Gasteiger partial charge in [-0.05, 0) is 50.3 Å². The van der Waals surface area contributed by atoms with E-state index >= 15 is 0 Å². The van der Waals surface area contributed by atoms with Gasteiger partial charge in [0.2, 0.25) is 0 Å². The van der Waals surface area contributed by atoms with Gasteiger partial charge in [0, 0.05) is 23.9 Å². The van der Waals surface area contributed by atoms with Crippen LogP contribution in [0.1, 0.15) is 36.8 Å². The number of Topliss-reactive ketones (excluding diaryl/α,β-unsaturated/α-hetero) is 1. The second-order valence-corrected chi connectivity index (χ2v) is 4.76. The average molecular weight is 229 g/mol. The number of allylic oxidation sites excluding steroid dienone is 1. The largest absolute Gasteiger partial charge is 0.361 e. The number of carbonyl (C=O) groups excluding carboxylic acids is 1. The van der Waals surface area contributed by atoms with Gasteiger partial charge in [-0.1, -0.05) is 12.1 Å². The smallest absolute Gasteiger partial charge is 0.160 e. The summed E-state index contributed by atoms with van der Waals surface area (Å²) in [5.41, 5.74) is 4.47. The third-order valence-corrected chi connectivity index (χ3v) is 3.25. The molecule has 0 amide bonds. The standard InChI is InChI=1S/C15H19NO/c1-11-7-8-12(2)14(9-11)16-10-13-5-3-4-6-15(13)17/h7-10,16H,3-6H2,1-2H3/b13-10+. The Kier molecular flexibility index (Phi) is 3.62. The SMILES string of the molecule is Cc1ccc(C)c(N/C=C2\CCCCC2=O)c1. The third kappa shape index (κ3) is 2.96. The first-order valence-electron chi connectivity index (χ1n) is 6.23. The van der Waals surface area contributed by atoms with E-state index in [1.54, 1.807) is 0 Å². The number of hydrogen-bond donors (Lipinski definition) is 1. The van der Waals surface area contributed by atoms with Gasteiger partial charge in [-0.25, -0.2) is 0 Å². The maximum atomic E-state index is 11.7. The summed E-state index contributed by atoms with van der Waals surface area (Å²) in [5.74, 6) is 0.300. The zero-order chi connectivity index (χ0) is 12.3. The van der Waals surface area contributed by atoms with Gasteiger partial charge >= 0.3 is 0 Å². The molecule has 0 heterocycles. The monoisotopic (exact) mass is 229 g/mol. The zero-order valence-corrected chi connectivity index (χ0v) is 10.5. The topological polar surface area (TPSA) is 29.1 Å². The van der Waals surface area contributed by atoms with Crippen molar-refractivity contribution >= 4 is 11.5 Å². The van der Waals surface area contributed by atoms with Crippen molar-refractivity contribution in [1.29, 1.82) is 0 Å². The summed E-state index contributed by atoms with van der Waals surface area (Å²) in [6, 6.07) is 6.30. The van der Waals surface area contributed by atoms with E-state index in [1.165, 1.54) is 11.1 Å². The summed E-state index contributed by atoms with van der Waals surface area (Å²) in [4.78, 5) is 11.7. The van der Waals surface area contributed by atoms with Gasteiger partial charge in [-0.3, -0.25) is 4.79 Å². The molecule has 0 saturated heterocycles. The van der Waals surface area contributed by atoms with Gasteiger partial charge in [0.05, 0.1) is 0 Å². The second kappa shape index (κ2) is 5.17. The molecule has 0 aliphatic heterocycles. The van der Waals surface area contributed by atoms with Crippen molar-refractivity contribution in [2.24, 2.45) is 0 Å². The minimum absolute atomic E-state index is 0.300. The molecule has 2 nitrogen and oxygen atoms in total. The van der Waals surface area contributed by atoms with Crippen LogP contribution in [0.5, 0.6) is 0 Å². The molecule has 0 radical (unpaired) electrons. The minimum atomic E-state index is 0.300. The van der Waals surface area contributed by atoms with Gasteiger partial charge in [0.15, 0.2) is 5.78 Å². The number of hydrogen-bond acceptors (Lipinski definition) is 2. The molecule has 1 fully saturated rings. The van der Waals surface area contributed by atoms with E-state index in [1.807, 2.05) is 6.20 Å². The predicted molar refractivity (Wildman–Crippen MR) is 71.1 cm³/mol. The lowest BCUT2D eigenvalue weighted by atomic mass is 9.94. The first-order chi connectivity index (χ1) is 8.16. The fraction of sp³-hybridized carbons (Fsp3) is 0.400. The lowest BCUT2D eigenvalue weighted by molar-refractivity contribution is -0.116. The van der Waals surface area contributed by atoms with Crippen LogP contribution in [-0.4, -0.2) is 5.78 Å². The molecule has 0 spiro atoms. The summed E-state index contributed by atoms with van der Waals surface area (Å²) < 4.78 is 0. The van der Waals surface area contributed by atoms with E-state index in [2.05, 4.69) is 37.4 Å². The maximum Gasteiger partial charge on any atom is 0.160 e. The van der Waals surface area contributed by atoms with Crippen molar-refractivity contribution in [1.82, 2.24) is 0 Å². The Morgan fingerprint density at radius 3 is 2.71 bits per heavy atom. The number of carbonyl (C=O) groups is 1. The maximum absolute atomic E-state index is 11.7. The molecule has 1 aliphatic rings. The highest BCUT2D eigenvalue weighted by molar-refractivity contribution is 5.96. The molecule has 2 heteroatoms. The molecule has 1 saturated carbocycles. The average Bonchev–Trinajstić information content (AvgIpc) is 2.32. The van der Waals surface area contributed by atoms with E-state index in [-0.39, 0.29) is 0 Å². The van der Waals surface area contributed by atoms with Gasteiger partial charge < -0.3 is 5.32 Å². The highest BCUT2D eigenvalue weighted by atomic mass is 16.1. The van der Waals surface area contributed by atoms with E-state index < -0.39 is 0 Å². The normalized spacial score (nSPS) is 18.5. The Hall–Kier alpha value is -1.57. The van der Waals surface area contributed by atoms with Crippen molar-refractivity contribution in [2.75, 3.05) is 5.32 Å². The molecule has 1 aromatic rings. The summed E-state index contributed by atoms with van der Waals surface area (Å²) in [5, 5.41) is 3.27. The third-order valence-electron chi connectivity index (χ3n) is 3.25. The van der Waals surface area contributed by atoms with Gasteiger partial charge in [-0.15, -0.1) is 0 Å². The summed E-state index contributed by atoms with van der Waals surface area (Å²) in [6.45, 7) is 4.15. The number of anilines is 1. The van der Waals surface area contributed by atoms with Crippen LogP contribution in [-0.2, 0) is 4.79 Å². The van der Waals surface area contributed by atoms with Crippen LogP contribution < -0.4 is 5.32 Å². The predicted octanol–water partition coefficient (Wildman–Crippen LogP) is 3.74. The van der Waals surface area contributed by atoms with E-state index in [0.29, 0.717) is 12.2 Å². The van der Waals surface area contributed by atoms with Gasteiger partial charge in [0.25, 0.3) is 0 Å². The van der Waals surface area contributed by atoms with Crippen LogP contribution in [0, 0.1) is 13.8 Å². The summed E-state index contributed by atoms with van der Waals surface area (Å²) >= 11 is 0. The Morgan fingerprint density at radius 1 is 1.18 bits per heavy atom. The molecule has 0 atom stereocenters. The number of rotatable bonds is 2. The summed E-state index contributed by atoms with van der Waals surface area (Å²) in [7, 11) is 0. The molecule has 17 heavy (non-hydrogen) atoms. The second-order valence-electron chi connectivity index (χ2n) is 4.76. The van der Waals surface area contributed by atoms with E-state index in [4.69, 9.17) is 0 Å². The van der Waals surface area contributed by atoms with E-state index in [9.17, 15) is 4.79 Å². The fourth-order valence-corrected chi connectivity index (χ4v) is 2.11. The van der Waals surface area contributed by atoms with Gasteiger partial charge in [0.1, 0.15) is 0 Å². The van der Waals surface area contributed by atoms with Gasteiger partial charge in [-0.2, -0.15) is 0 Å². The first-order valence-corrected chi connectivity index (χ1v) is 6.23. The molecule has 0 aromatic heterocycles. The highest BCUT2D eigenvalue weighted by Crippen LogP contribution is 2.21. The van der Waals surface area contributed by atoms with Crippen LogP contribution in [0.25, 0.3) is 0 Å². The van der Waals surface area contributed by atoms with Crippen molar-refractivity contribution in [3.8, 4) is 0 Å². The molecule has 0 unspecified atom stereocenters. The van der Waals surface area contributed by atoms with E-state index in [0.717, 1.165) is 30.5 Å². The van der Waals surface area contributed by atoms with Crippen LogP contribution in [0.15, 0.2) is 30.0 Å². The molecular weight excluding hydrogens is 210 g/mol. The molecule has 1 N–H and O–H groups in total. The Labute approximate surface area is 103 Å². The number of benzene rings is 1. The highest BCUT2D eigenvalue weighted by Gasteiger charge is 2.14. The fourth-order valence-electron chi connectivity index (χ4n) is 2.11. The number of ketones is 1. The Morgan fingerprint density at radius 2 is 1.94 bits per heavy atom. The zero-order valence-electron chi connectivity index (χ0n) is 10.5. The summed E-state index contributed by atoms with van der Waals surface area (Å²) in [6.07, 6.45) is 5.69. The molecule has 1 aromatic carbocycles. The lowest BCUT2D eigenvalue weighted by Crippen LogP contribution is -2.10. The Balaban J connectivity index is 2.13. The van der Waals surface area contributed by atoms with Crippen LogP contribution in [0.3, 0.4) is 0 Å². The molecular formula is C15H19NO. The molecule has 1 aliphatic carbocycles.